The topological polar surface area (TPSA) is 26.0 Å². The number of furan rings is 1. The molecule has 0 amide bonds. The normalized spacial score (nSPS) is 14.4. The fourth-order valence-corrected chi connectivity index (χ4v) is 5.12. The van der Waals surface area contributed by atoms with Gasteiger partial charge in [-0.2, -0.15) is 0 Å². The summed E-state index contributed by atoms with van der Waals surface area (Å²) in [6, 6.07) is 12.2. The second kappa shape index (κ2) is 6.68. The van der Waals surface area contributed by atoms with Crippen LogP contribution in [-0.4, -0.2) is 4.98 Å². The zero-order chi connectivity index (χ0) is 23.7. The van der Waals surface area contributed by atoms with E-state index in [2.05, 4.69) is 37.0 Å². The molecule has 0 atom stereocenters. The van der Waals surface area contributed by atoms with Crippen molar-refractivity contribution in [2.75, 3.05) is 0 Å². The van der Waals surface area contributed by atoms with Crippen LogP contribution >= 0.6 is 11.3 Å². The maximum absolute atomic E-state index is 8.82. The summed E-state index contributed by atoms with van der Waals surface area (Å²) in [7, 11) is 0. The number of pyridine rings is 1. The van der Waals surface area contributed by atoms with Crippen molar-refractivity contribution in [3.05, 3.63) is 64.2 Å². The number of aromatic nitrogens is 1. The van der Waals surface area contributed by atoms with Crippen molar-refractivity contribution in [3.8, 4) is 11.3 Å². The molecular formula is C27H27NOS. The number of nitrogens with zero attached hydrogens (tertiary/aromatic N) is 1. The Labute approximate surface area is 185 Å². The van der Waals surface area contributed by atoms with E-state index in [0.29, 0.717) is 16.8 Å². The minimum absolute atomic E-state index is 0.0121. The van der Waals surface area contributed by atoms with Crippen molar-refractivity contribution in [2.24, 2.45) is 5.41 Å². The average Bonchev–Trinajstić information content (AvgIpc) is 3.29. The van der Waals surface area contributed by atoms with Gasteiger partial charge in [-0.3, -0.25) is 4.98 Å². The molecule has 2 aromatic carbocycles. The minimum atomic E-state index is -1.61. The first-order valence-electron chi connectivity index (χ1n) is 11.9. The van der Waals surface area contributed by atoms with Gasteiger partial charge in [-0.05, 0) is 73.5 Å². The van der Waals surface area contributed by atoms with Crippen LogP contribution in [0.2, 0.25) is 0 Å². The van der Waals surface area contributed by atoms with Gasteiger partial charge in [0.1, 0.15) is 11.2 Å². The average molecular weight is 417 g/mol. The van der Waals surface area contributed by atoms with E-state index >= 15 is 0 Å². The molecule has 3 heteroatoms. The van der Waals surface area contributed by atoms with Gasteiger partial charge in [0.2, 0.25) is 0 Å². The van der Waals surface area contributed by atoms with Crippen molar-refractivity contribution >= 4 is 43.4 Å². The molecule has 0 bridgehead atoms. The summed E-state index contributed by atoms with van der Waals surface area (Å²) in [6.07, 6.45) is 0.0354. The molecule has 152 valence electrons. The largest absolute Gasteiger partial charge is 0.455 e. The lowest BCUT2D eigenvalue weighted by Gasteiger charge is -2.20. The molecule has 0 aliphatic rings. The first-order valence-corrected chi connectivity index (χ1v) is 11.0. The summed E-state index contributed by atoms with van der Waals surface area (Å²) in [5.41, 5.74) is 4.91. The summed E-state index contributed by atoms with van der Waals surface area (Å²) in [5, 5.41) is 3.27. The van der Waals surface area contributed by atoms with Crippen molar-refractivity contribution < 1.29 is 8.53 Å². The summed E-state index contributed by atoms with van der Waals surface area (Å²) < 4.78 is 33.3. The number of benzene rings is 2. The lowest BCUT2D eigenvalue weighted by Crippen LogP contribution is -2.10. The van der Waals surface area contributed by atoms with Gasteiger partial charge in [0.05, 0.1) is 5.69 Å². The molecule has 0 saturated heterocycles. The van der Waals surface area contributed by atoms with Crippen molar-refractivity contribution in [1.82, 2.24) is 4.98 Å². The number of rotatable bonds is 2. The second-order valence-electron chi connectivity index (χ2n) is 8.98. The maximum Gasteiger partial charge on any atom is 0.144 e. The lowest BCUT2D eigenvalue weighted by atomic mass is 9.86. The molecular weight excluding hydrogens is 386 g/mol. The first-order chi connectivity index (χ1) is 15.5. The number of hydrogen-bond donors (Lipinski definition) is 0. The van der Waals surface area contributed by atoms with Crippen LogP contribution < -0.4 is 0 Å². The predicted molar refractivity (Wildman–Crippen MR) is 130 cm³/mol. The molecule has 3 aromatic heterocycles. The Morgan fingerprint density at radius 2 is 1.90 bits per heavy atom. The van der Waals surface area contributed by atoms with E-state index in [0.717, 1.165) is 27.5 Å². The van der Waals surface area contributed by atoms with Gasteiger partial charge < -0.3 is 4.42 Å². The molecule has 2 nitrogen and oxygen atoms in total. The Bertz CT molecular complexity index is 1540. The molecule has 0 aliphatic heterocycles. The van der Waals surface area contributed by atoms with Gasteiger partial charge in [0.15, 0.2) is 0 Å². The molecule has 3 heterocycles. The van der Waals surface area contributed by atoms with Crippen LogP contribution in [0.15, 0.2) is 47.0 Å². The van der Waals surface area contributed by atoms with Gasteiger partial charge >= 0.3 is 0 Å². The molecule has 0 spiro atoms. The molecule has 0 saturated carbocycles. The molecule has 5 aromatic rings. The van der Waals surface area contributed by atoms with E-state index in [4.69, 9.17) is 8.53 Å². The maximum atomic E-state index is 8.82. The summed E-state index contributed by atoms with van der Waals surface area (Å²) in [6.45, 7) is 9.93. The molecule has 0 unspecified atom stereocenters. The summed E-state index contributed by atoms with van der Waals surface area (Å²) in [5.74, 6) is 0. The zero-order valence-corrected chi connectivity index (χ0v) is 18.8. The van der Waals surface area contributed by atoms with Crippen LogP contribution in [0, 0.1) is 26.2 Å². The SMILES string of the molecule is [2H]Cc1cnc(-c2cccc3c2oc2c3ccc3sc(C)c(C)c32)cc1C([2H])([2H])C(C)(C)C. The van der Waals surface area contributed by atoms with Crippen LogP contribution in [0.5, 0.6) is 0 Å². The third-order valence-corrected chi connectivity index (χ3v) is 6.74. The van der Waals surface area contributed by atoms with Gasteiger partial charge in [-0.15, -0.1) is 11.3 Å². The van der Waals surface area contributed by atoms with Crippen LogP contribution in [0.4, 0.5) is 0 Å². The molecule has 30 heavy (non-hydrogen) atoms. The summed E-state index contributed by atoms with van der Waals surface area (Å²) >= 11 is 1.78. The Hall–Kier alpha value is -2.65. The lowest BCUT2D eigenvalue weighted by molar-refractivity contribution is 0.410. The van der Waals surface area contributed by atoms with E-state index in [1.165, 1.54) is 20.5 Å². The zero-order valence-electron chi connectivity index (χ0n) is 21.0. The molecule has 0 aliphatic carbocycles. The Balaban J connectivity index is 1.80. The minimum Gasteiger partial charge on any atom is -0.455 e. The Morgan fingerprint density at radius 3 is 2.67 bits per heavy atom. The van der Waals surface area contributed by atoms with E-state index < -0.39 is 11.8 Å². The summed E-state index contributed by atoms with van der Waals surface area (Å²) in [4.78, 5) is 5.93. The van der Waals surface area contributed by atoms with E-state index in [1.54, 1.807) is 17.5 Å². The quantitative estimate of drug-likeness (QED) is 0.289. The predicted octanol–water partition coefficient (Wildman–Crippen LogP) is 8.38. The van der Waals surface area contributed by atoms with Gasteiger partial charge in [0, 0.05) is 41.6 Å². The fourth-order valence-electron chi connectivity index (χ4n) is 4.05. The standard InChI is InChI=1S/C27H27NOS/c1-15-14-28-22(12-18(15)13-27(4,5)6)21-9-7-8-19-20-10-11-23-24(16(2)17(3)30-23)26(20)29-25(19)21/h7-12,14H,13H2,1-6H3/i1D,13D2. The monoisotopic (exact) mass is 416 g/mol. The van der Waals surface area contributed by atoms with Gasteiger partial charge in [-0.1, -0.05) is 32.9 Å². The number of thiophene rings is 1. The highest BCUT2D eigenvalue weighted by Crippen LogP contribution is 2.42. The molecule has 5 rings (SSSR count). The second-order valence-corrected chi connectivity index (χ2v) is 10.2. The number of para-hydroxylation sites is 1. The van der Waals surface area contributed by atoms with E-state index in [1.807, 2.05) is 39.0 Å². The van der Waals surface area contributed by atoms with Crippen LogP contribution in [-0.2, 0) is 6.37 Å². The highest BCUT2D eigenvalue weighted by Gasteiger charge is 2.19. The van der Waals surface area contributed by atoms with Crippen molar-refractivity contribution in [3.63, 3.8) is 0 Å². The van der Waals surface area contributed by atoms with Crippen LogP contribution in [0.3, 0.4) is 0 Å². The highest BCUT2D eigenvalue weighted by atomic mass is 32.1. The van der Waals surface area contributed by atoms with Gasteiger partial charge in [0.25, 0.3) is 0 Å². The van der Waals surface area contributed by atoms with E-state index in [-0.39, 0.29) is 6.90 Å². The van der Waals surface area contributed by atoms with Crippen LogP contribution in [0.25, 0.3) is 43.3 Å². The van der Waals surface area contributed by atoms with Gasteiger partial charge in [-0.25, -0.2) is 0 Å². The number of aryl methyl sites for hydroxylation is 3. The fraction of sp³-hybridized carbons (Fsp3) is 0.296. The van der Waals surface area contributed by atoms with Crippen LogP contribution in [0.1, 0.15) is 46.5 Å². The number of fused-ring (bicyclic) bond motifs is 5. The van der Waals surface area contributed by atoms with E-state index in [9.17, 15) is 0 Å². The van der Waals surface area contributed by atoms with Crippen molar-refractivity contribution in [1.29, 1.82) is 0 Å². The first kappa shape index (κ1) is 16.1. The smallest absolute Gasteiger partial charge is 0.144 e. The third kappa shape index (κ3) is 3.04. The van der Waals surface area contributed by atoms with Crippen molar-refractivity contribution in [2.45, 2.75) is 47.9 Å². The molecule has 0 radical (unpaired) electrons. The molecule has 0 fully saturated rings. The Morgan fingerprint density at radius 1 is 1.10 bits per heavy atom. The Kier molecular flexibility index (Phi) is 3.58. The number of hydrogen-bond acceptors (Lipinski definition) is 3. The molecule has 0 N–H and O–H groups in total. The third-order valence-electron chi connectivity index (χ3n) is 5.57. The highest BCUT2D eigenvalue weighted by molar-refractivity contribution is 7.19.